The first-order chi connectivity index (χ1) is 9.85. The highest BCUT2D eigenvalue weighted by molar-refractivity contribution is 7.87. The molecule has 0 amide bonds. The summed E-state index contributed by atoms with van der Waals surface area (Å²) in [6.45, 7) is 6.70. The summed E-state index contributed by atoms with van der Waals surface area (Å²) in [6.07, 6.45) is 2.13. The minimum Gasteiger partial charge on any atom is -0.296 e. The van der Waals surface area contributed by atoms with Crippen molar-refractivity contribution in [3.63, 3.8) is 0 Å². The van der Waals surface area contributed by atoms with Crippen molar-refractivity contribution in [3.8, 4) is 0 Å². The first-order valence-corrected chi connectivity index (χ1v) is 8.98. The van der Waals surface area contributed by atoms with Crippen molar-refractivity contribution in [1.82, 2.24) is 9.62 Å². The lowest BCUT2D eigenvalue weighted by Gasteiger charge is -2.37. The molecule has 2 atom stereocenters. The molecule has 2 rings (SSSR count). The average molecular weight is 311 g/mol. The van der Waals surface area contributed by atoms with E-state index >= 15 is 0 Å². The largest absolute Gasteiger partial charge is 0.296 e. The first kappa shape index (κ1) is 16.4. The monoisotopic (exact) mass is 311 g/mol. The molecule has 1 aromatic carbocycles. The van der Waals surface area contributed by atoms with Gasteiger partial charge in [0, 0.05) is 19.1 Å². The summed E-state index contributed by atoms with van der Waals surface area (Å²) in [5.41, 5.74) is 2.58. The number of benzene rings is 1. The van der Waals surface area contributed by atoms with E-state index < -0.39 is 10.2 Å². The van der Waals surface area contributed by atoms with Gasteiger partial charge in [-0.3, -0.25) is 4.90 Å². The quantitative estimate of drug-likeness (QED) is 0.866. The zero-order chi connectivity index (χ0) is 15.5. The van der Waals surface area contributed by atoms with Crippen LogP contribution in [0, 0.1) is 12.8 Å². The molecule has 1 fully saturated rings. The minimum atomic E-state index is -3.59. The Morgan fingerprint density at radius 1 is 1.48 bits per heavy atom. The third-order valence-corrected chi connectivity index (χ3v) is 4.76. The van der Waals surface area contributed by atoms with Gasteiger partial charge in [-0.25, -0.2) is 9.86 Å². The number of hydrogen-bond acceptors (Lipinski definition) is 3. The van der Waals surface area contributed by atoms with Crippen LogP contribution in [-0.4, -0.2) is 33.0 Å². The van der Waals surface area contributed by atoms with Crippen LogP contribution >= 0.6 is 0 Å². The molecule has 1 saturated heterocycles. The van der Waals surface area contributed by atoms with Gasteiger partial charge in [-0.2, -0.15) is 8.42 Å². The molecule has 0 radical (unpaired) electrons. The maximum atomic E-state index is 11.0. The fourth-order valence-electron chi connectivity index (χ4n) is 2.99. The molecule has 0 aromatic heterocycles. The van der Waals surface area contributed by atoms with E-state index in [4.69, 9.17) is 5.14 Å². The lowest BCUT2D eigenvalue weighted by Crippen LogP contribution is -2.43. The van der Waals surface area contributed by atoms with E-state index in [9.17, 15) is 8.42 Å². The SMILES string of the molecule is Cc1cccc([C@@H](C)N2CCC[C@H](CNS(N)(=O)=O)C2)c1. The number of nitrogens with zero attached hydrogens (tertiary/aromatic N) is 1. The third-order valence-electron chi connectivity index (χ3n) is 4.20. The van der Waals surface area contributed by atoms with E-state index in [0.717, 1.165) is 25.9 Å². The van der Waals surface area contributed by atoms with Gasteiger partial charge < -0.3 is 0 Å². The molecule has 0 unspecified atom stereocenters. The molecule has 1 aliphatic rings. The van der Waals surface area contributed by atoms with Crippen molar-refractivity contribution >= 4 is 10.2 Å². The molecule has 118 valence electrons. The van der Waals surface area contributed by atoms with Crippen LogP contribution in [0.1, 0.15) is 36.9 Å². The van der Waals surface area contributed by atoms with Gasteiger partial charge in [0.25, 0.3) is 10.2 Å². The highest BCUT2D eigenvalue weighted by Gasteiger charge is 2.24. The summed E-state index contributed by atoms with van der Waals surface area (Å²) in [7, 11) is -3.59. The van der Waals surface area contributed by atoms with Gasteiger partial charge in [-0.05, 0) is 44.7 Å². The van der Waals surface area contributed by atoms with Crippen LogP contribution in [0.15, 0.2) is 24.3 Å². The predicted molar refractivity (Wildman–Crippen MR) is 85.0 cm³/mol. The van der Waals surface area contributed by atoms with Crippen LogP contribution in [0.3, 0.4) is 0 Å². The Bertz CT molecular complexity index is 574. The minimum absolute atomic E-state index is 0.323. The van der Waals surface area contributed by atoms with Gasteiger partial charge in [-0.15, -0.1) is 0 Å². The molecule has 6 heteroatoms. The van der Waals surface area contributed by atoms with Crippen LogP contribution in [0.2, 0.25) is 0 Å². The van der Waals surface area contributed by atoms with Crippen molar-refractivity contribution in [1.29, 1.82) is 0 Å². The van der Waals surface area contributed by atoms with Crippen LogP contribution < -0.4 is 9.86 Å². The molecular formula is C15H25N3O2S. The van der Waals surface area contributed by atoms with E-state index in [1.54, 1.807) is 0 Å². The maximum absolute atomic E-state index is 11.0. The molecule has 0 aliphatic carbocycles. The van der Waals surface area contributed by atoms with Crippen LogP contribution in [0.4, 0.5) is 0 Å². The Morgan fingerprint density at radius 3 is 2.90 bits per heavy atom. The maximum Gasteiger partial charge on any atom is 0.274 e. The van der Waals surface area contributed by atoms with Gasteiger partial charge in [0.05, 0.1) is 0 Å². The Kier molecular flexibility index (Phi) is 5.37. The Balaban J connectivity index is 1.97. The standard InChI is InChI=1S/C15H25N3O2S/c1-12-5-3-7-15(9-12)13(2)18-8-4-6-14(11-18)10-17-21(16,19)20/h3,5,7,9,13-14,17H,4,6,8,10-11H2,1-2H3,(H2,16,19,20)/t13-,14-/m1/s1. The Morgan fingerprint density at radius 2 is 2.24 bits per heavy atom. The van der Waals surface area contributed by atoms with E-state index in [0.29, 0.717) is 18.5 Å². The summed E-state index contributed by atoms with van der Waals surface area (Å²) in [4.78, 5) is 2.42. The zero-order valence-electron chi connectivity index (χ0n) is 12.7. The highest BCUT2D eigenvalue weighted by Crippen LogP contribution is 2.26. The van der Waals surface area contributed by atoms with Gasteiger partial charge in [0.2, 0.25) is 0 Å². The van der Waals surface area contributed by atoms with Crippen molar-refractivity contribution in [2.24, 2.45) is 11.1 Å². The second-order valence-corrected chi connectivity index (χ2v) is 7.37. The number of nitrogens with two attached hydrogens (primary N) is 1. The normalized spacial score (nSPS) is 22.1. The summed E-state index contributed by atoms with van der Waals surface area (Å²) in [6, 6.07) is 8.92. The first-order valence-electron chi connectivity index (χ1n) is 7.43. The van der Waals surface area contributed by atoms with Crippen LogP contribution in [0.5, 0.6) is 0 Å². The Hall–Kier alpha value is -0.950. The molecular weight excluding hydrogens is 286 g/mol. The molecule has 1 aliphatic heterocycles. The number of likely N-dealkylation sites (tertiary alicyclic amines) is 1. The van der Waals surface area contributed by atoms with Crippen molar-refractivity contribution < 1.29 is 8.42 Å². The molecule has 5 nitrogen and oxygen atoms in total. The van der Waals surface area contributed by atoms with Gasteiger partial charge in [0.1, 0.15) is 0 Å². The molecule has 3 N–H and O–H groups in total. The lowest BCUT2D eigenvalue weighted by molar-refractivity contribution is 0.133. The molecule has 0 bridgehead atoms. The van der Waals surface area contributed by atoms with Gasteiger partial charge in [-0.1, -0.05) is 29.8 Å². The second-order valence-electron chi connectivity index (χ2n) is 5.99. The number of nitrogens with one attached hydrogen (secondary N) is 1. The van der Waals surface area contributed by atoms with E-state index in [1.807, 2.05) is 0 Å². The fourth-order valence-corrected chi connectivity index (χ4v) is 3.46. The summed E-state index contributed by atoms with van der Waals surface area (Å²) < 4.78 is 24.4. The van der Waals surface area contributed by atoms with E-state index in [2.05, 4.69) is 47.7 Å². The van der Waals surface area contributed by atoms with Gasteiger partial charge >= 0.3 is 0 Å². The second kappa shape index (κ2) is 6.87. The fraction of sp³-hybridized carbons (Fsp3) is 0.600. The van der Waals surface area contributed by atoms with Crippen molar-refractivity contribution in [2.75, 3.05) is 19.6 Å². The lowest BCUT2D eigenvalue weighted by atomic mass is 9.95. The van der Waals surface area contributed by atoms with Crippen LogP contribution in [0.25, 0.3) is 0 Å². The van der Waals surface area contributed by atoms with Crippen LogP contribution in [-0.2, 0) is 10.2 Å². The molecule has 0 spiro atoms. The third kappa shape index (κ3) is 5.07. The van der Waals surface area contributed by atoms with Crippen molar-refractivity contribution in [2.45, 2.75) is 32.7 Å². The van der Waals surface area contributed by atoms with Gasteiger partial charge in [0.15, 0.2) is 0 Å². The summed E-state index contributed by atoms with van der Waals surface area (Å²) in [5.74, 6) is 0.323. The predicted octanol–water partition coefficient (Wildman–Crippen LogP) is 1.56. The molecule has 1 aromatic rings. The molecule has 21 heavy (non-hydrogen) atoms. The average Bonchev–Trinajstić information content (AvgIpc) is 2.44. The summed E-state index contributed by atoms with van der Waals surface area (Å²) in [5, 5.41) is 5.00. The molecule has 1 heterocycles. The number of piperidine rings is 1. The van der Waals surface area contributed by atoms with Crippen molar-refractivity contribution in [3.05, 3.63) is 35.4 Å². The number of hydrogen-bond donors (Lipinski definition) is 2. The molecule has 0 saturated carbocycles. The highest BCUT2D eigenvalue weighted by atomic mass is 32.2. The number of aryl methyl sites for hydroxylation is 1. The smallest absolute Gasteiger partial charge is 0.274 e. The zero-order valence-corrected chi connectivity index (χ0v) is 13.6. The topological polar surface area (TPSA) is 75.4 Å². The Labute approximate surface area is 127 Å². The van der Waals surface area contributed by atoms with E-state index in [-0.39, 0.29) is 0 Å². The number of rotatable bonds is 5. The van der Waals surface area contributed by atoms with E-state index in [1.165, 1.54) is 11.1 Å². The summed E-state index contributed by atoms with van der Waals surface area (Å²) >= 11 is 0.